The first-order valence-electron chi connectivity index (χ1n) is 6.54. The second-order valence-electron chi connectivity index (χ2n) is 5.67. The number of nitrogens with one attached hydrogen (secondary N) is 1. The van der Waals surface area contributed by atoms with Crippen LogP contribution in [-0.4, -0.2) is 12.5 Å². The Morgan fingerprint density at radius 1 is 1.32 bits per heavy atom. The Kier molecular flexibility index (Phi) is 2.73. The van der Waals surface area contributed by atoms with Gasteiger partial charge in [0.2, 0.25) is 0 Å². The van der Waals surface area contributed by atoms with Gasteiger partial charge in [0.15, 0.2) is 0 Å². The molecule has 0 saturated heterocycles. The summed E-state index contributed by atoms with van der Waals surface area (Å²) in [6, 6.07) is 1.70. The average Bonchev–Trinajstić information content (AvgIpc) is 3.23. The molecule has 3 nitrogen and oxygen atoms in total. The molecule has 0 aliphatic heterocycles. The van der Waals surface area contributed by atoms with Crippen LogP contribution in [0.25, 0.3) is 0 Å². The fourth-order valence-corrected chi connectivity index (χ4v) is 2.68. The summed E-state index contributed by atoms with van der Waals surface area (Å²) >= 11 is 0. The van der Waals surface area contributed by atoms with Gasteiger partial charge in [0.25, 0.3) is 5.91 Å². The Morgan fingerprint density at radius 2 is 2.00 bits per heavy atom. The number of rotatable bonds is 4. The molecule has 2 fully saturated rings. The monoisotopic (exact) mass is 266 g/mol. The summed E-state index contributed by atoms with van der Waals surface area (Å²) in [5, 5.41) is 2.75. The highest BCUT2D eigenvalue weighted by molar-refractivity contribution is 5.95. The number of anilines is 1. The zero-order chi connectivity index (χ0) is 13.6. The van der Waals surface area contributed by atoms with Crippen molar-refractivity contribution in [1.29, 1.82) is 0 Å². The van der Waals surface area contributed by atoms with Gasteiger partial charge in [-0.2, -0.15) is 0 Å². The van der Waals surface area contributed by atoms with E-state index in [-0.39, 0.29) is 16.7 Å². The van der Waals surface area contributed by atoms with E-state index in [1.165, 1.54) is 12.8 Å². The molecule has 1 aromatic carbocycles. The summed E-state index contributed by atoms with van der Waals surface area (Å²) in [6.45, 7) is 0.577. The summed E-state index contributed by atoms with van der Waals surface area (Å²) in [5.74, 6) is -1.52. The van der Waals surface area contributed by atoms with E-state index < -0.39 is 17.5 Å². The van der Waals surface area contributed by atoms with Gasteiger partial charge in [-0.05, 0) is 43.1 Å². The summed E-state index contributed by atoms with van der Waals surface area (Å²) in [5.41, 5.74) is 5.20. The normalized spacial score (nSPS) is 20.1. The van der Waals surface area contributed by atoms with Crippen LogP contribution in [0.2, 0.25) is 0 Å². The highest BCUT2D eigenvalue weighted by atomic mass is 19.1. The molecular formula is C14H16F2N2O. The van der Waals surface area contributed by atoms with Crippen molar-refractivity contribution < 1.29 is 13.6 Å². The van der Waals surface area contributed by atoms with Crippen molar-refractivity contribution in [2.24, 2.45) is 11.3 Å². The minimum atomic E-state index is -0.875. The van der Waals surface area contributed by atoms with Crippen LogP contribution < -0.4 is 11.1 Å². The predicted octanol–water partition coefficient (Wildman–Crippen LogP) is 2.47. The van der Waals surface area contributed by atoms with Crippen LogP contribution in [0.15, 0.2) is 12.1 Å². The third-order valence-electron chi connectivity index (χ3n) is 4.27. The Morgan fingerprint density at radius 3 is 2.58 bits per heavy atom. The fourth-order valence-electron chi connectivity index (χ4n) is 2.68. The molecule has 0 spiro atoms. The molecule has 2 saturated carbocycles. The van der Waals surface area contributed by atoms with E-state index in [1.807, 2.05) is 0 Å². The van der Waals surface area contributed by atoms with E-state index in [0.29, 0.717) is 12.6 Å². The zero-order valence-electron chi connectivity index (χ0n) is 10.5. The zero-order valence-corrected chi connectivity index (χ0v) is 10.5. The first-order valence-corrected chi connectivity index (χ1v) is 6.54. The molecule has 3 N–H and O–H groups in total. The highest BCUT2D eigenvalue weighted by Gasteiger charge is 2.53. The Hall–Kier alpha value is -1.65. The molecule has 1 amide bonds. The molecule has 3 rings (SSSR count). The quantitative estimate of drug-likeness (QED) is 0.822. The van der Waals surface area contributed by atoms with Crippen molar-refractivity contribution >= 4 is 11.6 Å². The summed E-state index contributed by atoms with van der Waals surface area (Å²) in [4.78, 5) is 11.9. The van der Waals surface area contributed by atoms with Gasteiger partial charge in [-0.15, -0.1) is 0 Å². The van der Waals surface area contributed by atoms with Crippen LogP contribution in [0.3, 0.4) is 0 Å². The smallest absolute Gasteiger partial charge is 0.254 e. The number of amides is 1. The summed E-state index contributed by atoms with van der Waals surface area (Å²) in [7, 11) is 0. The topological polar surface area (TPSA) is 55.1 Å². The van der Waals surface area contributed by atoms with Crippen molar-refractivity contribution in [2.45, 2.75) is 25.7 Å². The maximum Gasteiger partial charge on any atom is 0.254 e. The molecule has 0 radical (unpaired) electrons. The molecule has 0 unspecified atom stereocenters. The lowest BCUT2D eigenvalue weighted by Gasteiger charge is -2.15. The number of hydrogen-bond acceptors (Lipinski definition) is 2. The molecule has 0 atom stereocenters. The van der Waals surface area contributed by atoms with Crippen LogP contribution in [0.5, 0.6) is 0 Å². The Labute approximate surface area is 110 Å². The molecule has 102 valence electrons. The SMILES string of the molecule is Nc1cc(C(=O)NCC2(C3CC3)CC2)c(F)cc1F. The molecule has 19 heavy (non-hydrogen) atoms. The number of nitrogens with two attached hydrogens (primary N) is 1. The number of nitrogen functional groups attached to an aromatic ring is 1. The van der Waals surface area contributed by atoms with E-state index in [9.17, 15) is 13.6 Å². The van der Waals surface area contributed by atoms with Crippen molar-refractivity contribution in [1.82, 2.24) is 5.32 Å². The third kappa shape index (κ3) is 2.29. The largest absolute Gasteiger partial charge is 0.396 e. The molecule has 0 bridgehead atoms. The van der Waals surface area contributed by atoms with Crippen LogP contribution >= 0.6 is 0 Å². The lowest BCUT2D eigenvalue weighted by Crippen LogP contribution is -2.31. The molecular weight excluding hydrogens is 250 g/mol. The average molecular weight is 266 g/mol. The van der Waals surface area contributed by atoms with E-state index in [1.54, 1.807) is 0 Å². The fraction of sp³-hybridized carbons (Fsp3) is 0.500. The number of halogens is 2. The van der Waals surface area contributed by atoms with Gasteiger partial charge in [0.1, 0.15) is 11.6 Å². The van der Waals surface area contributed by atoms with Crippen LogP contribution in [0.4, 0.5) is 14.5 Å². The Bertz CT molecular complexity index is 536. The van der Waals surface area contributed by atoms with E-state index in [4.69, 9.17) is 5.73 Å². The van der Waals surface area contributed by atoms with Gasteiger partial charge in [-0.3, -0.25) is 4.79 Å². The highest BCUT2D eigenvalue weighted by Crippen LogP contribution is 2.60. The standard InChI is InChI=1S/C14H16F2N2O/c15-10-6-11(16)12(17)5-9(10)13(19)18-7-14(3-4-14)8-1-2-8/h5-6,8H,1-4,7,17H2,(H,18,19). The lowest BCUT2D eigenvalue weighted by molar-refractivity contribution is 0.0938. The van der Waals surface area contributed by atoms with Crippen LogP contribution in [0.1, 0.15) is 36.0 Å². The minimum absolute atomic E-state index is 0.189. The molecule has 2 aliphatic rings. The summed E-state index contributed by atoms with van der Waals surface area (Å²) in [6.07, 6.45) is 4.72. The summed E-state index contributed by atoms with van der Waals surface area (Å²) < 4.78 is 26.6. The number of benzene rings is 1. The van der Waals surface area contributed by atoms with Crippen molar-refractivity contribution in [3.05, 3.63) is 29.3 Å². The number of carbonyl (C=O) groups is 1. The maximum atomic E-state index is 13.5. The second kappa shape index (κ2) is 4.18. The molecule has 1 aromatic rings. The first kappa shape index (κ1) is 12.4. The van der Waals surface area contributed by atoms with E-state index >= 15 is 0 Å². The van der Waals surface area contributed by atoms with E-state index in [2.05, 4.69) is 5.32 Å². The first-order chi connectivity index (χ1) is 9.02. The Balaban J connectivity index is 1.68. The lowest BCUT2D eigenvalue weighted by atomic mass is 10.0. The maximum absolute atomic E-state index is 13.5. The predicted molar refractivity (Wildman–Crippen MR) is 67.5 cm³/mol. The van der Waals surface area contributed by atoms with Crippen LogP contribution in [-0.2, 0) is 0 Å². The number of carbonyl (C=O) groups excluding carboxylic acids is 1. The van der Waals surface area contributed by atoms with Crippen molar-refractivity contribution in [2.75, 3.05) is 12.3 Å². The van der Waals surface area contributed by atoms with Gasteiger partial charge >= 0.3 is 0 Å². The molecule has 0 heterocycles. The second-order valence-corrected chi connectivity index (χ2v) is 5.67. The number of hydrogen-bond donors (Lipinski definition) is 2. The molecule has 0 aromatic heterocycles. The van der Waals surface area contributed by atoms with Gasteiger partial charge < -0.3 is 11.1 Å². The van der Waals surface area contributed by atoms with E-state index in [0.717, 1.165) is 24.8 Å². The van der Waals surface area contributed by atoms with Gasteiger partial charge in [-0.1, -0.05) is 0 Å². The van der Waals surface area contributed by atoms with Gasteiger partial charge in [0, 0.05) is 12.6 Å². The molecule has 5 heteroatoms. The molecule has 2 aliphatic carbocycles. The van der Waals surface area contributed by atoms with Gasteiger partial charge in [0.05, 0.1) is 11.3 Å². The van der Waals surface area contributed by atoms with Crippen LogP contribution in [0, 0.1) is 23.0 Å². The van der Waals surface area contributed by atoms with Crippen molar-refractivity contribution in [3.8, 4) is 0 Å². The van der Waals surface area contributed by atoms with Crippen molar-refractivity contribution in [3.63, 3.8) is 0 Å². The minimum Gasteiger partial charge on any atom is -0.396 e. The third-order valence-corrected chi connectivity index (χ3v) is 4.27. The van der Waals surface area contributed by atoms with Gasteiger partial charge in [-0.25, -0.2) is 8.78 Å².